The number of hydrogen-bond acceptors (Lipinski definition) is 3. The Morgan fingerprint density at radius 2 is 2.36 bits per heavy atom. The monoisotopic (exact) mass is 177 g/mol. The van der Waals surface area contributed by atoms with Crippen molar-refractivity contribution < 1.29 is 9.53 Å². The molecule has 0 aromatic rings. The summed E-state index contributed by atoms with van der Waals surface area (Å²) in [5.74, 6) is -0.222. The minimum Gasteiger partial charge on any atom is -0.468 e. The van der Waals surface area contributed by atoms with Gasteiger partial charge in [-0.05, 0) is 31.0 Å². The van der Waals surface area contributed by atoms with Crippen molar-refractivity contribution in [2.24, 2.45) is 0 Å². The van der Waals surface area contributed by atoms with Crippen molar-refractivity contribution in [2.45, 2.75) is 25.3 Å². The molecule has 0 unspecified atom stereocenters. The Labute approximate surface area is 71.4 Å². The molecule has 1 atom stereocenters. The van der Waals surface area contributed by atoms with Gasteiger partial charge in [-0.2, -0.15) is 0 Å². The average molecular weight is 178 g/mol. The van der Waals surface area contributed by atoms with Gasteiger partial charge in [0.2, 0.25) is 0 Å². The standard InChI is InChI=1S/C7H12ClNO2/c1-11-7(10)6-4-2-3-5-9(6)8/h6H,2-5H2,1H3/t6-/m1/s1. The molecule has 0 aromatic heterocycles. The summed E-state index contributed by atoms with van der Waals surface area (Å²) in [4.78, 5) is 11.0. The molecule has 0 saturated carbocycles. The van der Waals surface area contributed by atoms with Crippen LogP contribution in [0.1, 0.15) is 19.3 Å². The van der Waals surface area contributed by atoms with Crippen LogP contribution in [-0.2, 0) is 9.53 Å². The first-order valence-corrected chi connectivity index (χ1v) is 4.09. The largest absolute Gasteiger partial charge is 0.468 e. The van der Waals surface area contributed by atoms with E-state index >= 15 is 0 Å². The first kappa shape index (κ1) is 8.81. The summed E-state index contributed by atoms with van der Waals surface area (Å²) in [7, 11) is 1.39. The average Bonchev–Trinajstić information content (AvgIpc) is 2.04. The lowest BCUT2D eigenvalue weighted by atomic mass is 10.1. The summed E-state index contributed by atoms with van der Waals surface area (Å²) in [6.07, 6.45) is 2.94. The number of carbonyl (C=O) groups is 1. The zero-order valence-corrected chi connectivity index (χ0v) is 7.30. The number of esters is 1. The lowest BCUT2D eigenvalue weighted by Gasteiger charge is -2.27. The van der Waals surface area contributed by atoms with Gasteiger partial charge in [0.1, 0.15) is 6.04 Å². The van der Waals surface area contributed by atoms with Crippen molar-refractivity contribution in [1.82, 2.24) is 4.42 Å². The zero-order valence-electron chi connectivity index (χ0n) is 6.55. The van der Waals surface area contributed by atoms with Crippen LogP contribution in [0.3, 0.4) is 0 Å². The molecule has 1 heterocycles. The van der Waals surface area contributed by atoms with Gasteiger partial charge in [0.25, 0.3) is 0 Å². The van der Waals surface area contributed by atoms with Crippen LogP contribution in [0.2, 0.25) is 0 Å². The second-order valence-corrected chi connectivity index (χ2v) is 3.09. The molecule has 1 rings (SSSR count). The van der Waals surface area contributed by atoms with E-state index in [0.29, 0.717) is 0 Å². The normalized spacial score (nSPS) is 26.5. The van der Waals surface area contributed by atoms with E-state index in [9.17, 15) is 4.79 Å². The Hall–Kier alpha value is -0.280. The van der Waals surface area contributed by atoms with Crippen LogP contribution in [0.5, 0.6) is 0 Å². The maximum atomic E-state index is 11.0. The number of rotatable bonds is 1. The number of methoxy groups -OCH3 is 1. The molecule has 0 aromatic carbocycles. The fraction of sp³-hybridized carbons (Fsp3) is 0.857. The van der Waals surface area contributed by atoms with Crippen LogP contribution in [0.25, 0.3) is 0 Å². The molecule has 0 aliphatic carbocycles. The minimum atomic E-state index is -0.226. The van der Waals surface area contributed by atoms with Crippen LogP contribution in [0.4, 0.5) is 0 Å². The van der Waals surface area contributed by atoms with Crippen molar-refractivity contribution in [2.75, 3.05) is 13.7 Å². The van der Waals surface area contributed by atoms with Crippen molar-refractivity contribution >= 4 is 17.7 Å². The fourth-order valence-electron chi connectivity index (χ4n) is 1.26. The van der Waals surface area contributed by atoms with Gasteiger partial charge in [0, 0.05) is 6.54 Å². The van der Waals surface area contributed by atoms with Crippen molar-refractivity contribution in [3.05, 3.63) is 0 Å². The van der Waals surface area contributed by atoms with Crippen LogP contribution < -0.4 is 0 Å². The van der Waals surface area contributed by atoms with Crippen LogP contribution in [-0.4, -0.2) is 30.1 Å². The Balaban J connectivity index is 2.47. The highest BCUT2D eigenvalue weighted by atomic mass is 35.5. The third-order valence-electron chi connectivity index (χ3n) is 1.91. The molecule has 0 amide bonds. The highest BCUT2D eigenvalue weighted by Gasteiger charge is 2.27. The van der Waals surface area contributed by atoms with Crippen molar-refractivity contribution in [1.29, 1.82) is 0 Å². The first-order chi connectivity index (χ1) is 5.25. The summed E-state index contributed by atoms with van der Waals surface area (Å²) >= 11 is 5.79. The maximum absolute atomic E-state index is 11.0. The second-order valence-electron chi connectivity index (χ2n) is 2.66. The summed E-state index contributed by atoms with van der Waals surface area (Å²) in [5.41, 5.74) is 0. The molecule has 1 saturated heterocycles. The molecule has 1 aliphatic heterocycles. The number of halogens is 1. The van der Waals surface area contributed by atoms with E-state index in [4.69, 9.17) is 11.8 Å². The molecule has 0 spiro atoms. The van der Waals surface area contributed by atoms with E-state index in [-0.39, 0.29) is 12.0 Å². The predicted molar refractivity (Wildman–Crippen MR) is 42.2 cm³/mol. The van der Waals surface area contributed by atoms with E-state index in [0.717, 1.165) is 25.8 Å². The van der Waals surface area contributed by atoms with E-state index in [1.165, 1.54) is 11.5 Å². The van der Waals surface area contributed by atoms with E-state index in [1.54, 1.807) is 0 Å². The van der Waals surface area contributed by atoms with Gasteiger partial charge in [-0.1, -0.05) is 0 Å². The first-order valence-electron chi connectivity index (χ1n) is 3.76. The minimum absolute atomic E-state index is 0.222. The summed E-state index contributed by atoms with van der Waals surface area (Å²) < 4.78 is 6.13. The van der Waals surface area contributed by atoms with Gasteiger partial charge in [0.15, 0.2) is 0 Å². The number of piperidine rings is 1. The summed E-state index contributed by atoms with van der Waals surface area (Å²) in [5, 5.41) is 0. The number of ether oxygens (including phenoxy) is 1. The Morgan fingerprint density at radius 1 is 1.64 bits per heavy atom. The van der Waals surface area contributed by atoms with Gasteiger partial charge < -0.3 is 4.74 Å². The van der Waals surface area contributed by atoms with E-state index in [2.05, 4.69) is 4.74 Å². The van der Waals surface area contributed by atoms with E-state index in [1.807, 2.05) is 0 Å². The molecular weight excluding hydrogens is 166 g/mol. The molecular formula is C7H12ClNO2. The van der Waals surface area contributed by atoms with E-state index < -0.39 is 0 Å². The lowest BCUT2D eigenvalue weighted by molar-refractivity contribution is -0.146. The Kier molecular flexibility index (Phi) is 3.15. The predicted octanol–water partition coefficient (Wildman–Crippen LogP) is 1.17. The molecule has 11 heavy (non-hydrogen) atoms. The zero-order chi connectivity index (χ0) is 8.27. The third-order valence-corrected chi connectivity index (χ3v) is 2.32. The smallest absolute Gasteiger partial charge is 0.324 e. The van der Waals surface area contributed by atoms with Gasteiger partial charge in [0.05, 0.1) is 7.11 Å². The highest BCUT2D eigenvalue weighted by Crippen LogP contribution is 2.19. The van der Waals surface area contributed by atoms with Crippen LogP contribution >= 0.6 is 11.8 Å². The van der Waals surface area contributed by atoms with Crippen molar-refractivity contribution in [3.8, 4) is 0 Å². The molecule has 4 heteroatoms. The van der Waals surface area contributed by atoms with Crippen LogP contribution in [0.15, 0.2) is 0 Å². The Morgan fingerprint density at radius 3 is 2.91 bits per heavy atom. The SMILES string of the molecule is COC(=O)[C@H]1CCCCN1Cl. The third kappa shape index (κ3) is 2.07. The topological polar surface area (TPSA) is 29.5 Å². The number of hydrogen-bond donors (Lipinski definition) is 0. The Bertz CT molecular complexity index is 151. The molecule has 3 nitrogen and oxygen atoms in total. The number of nitrogens with zero attached hydrogens (tertiary/aromatic N) is 1. The summed E-state index contributed by atoms with van der Waals surface area (Å²) in [6, 6.07) is -0.226. The highest BCUT2D eigenvalue weighted by molar-refractivity contribution is 6.14. The fourth-order valence-corrected chi connectivity index (χ4v) is 1.56. The molecule has 1 aliphatic rings. The maximum Gasteiger partial charge on any atom is 0.324 e. The van der Waals surface area contributed by atoms with Crippen molar-refractivity contribution in [3.63, 3.8) is 0 Å². The van der Waals surface area contributed by atoms with Crippen LogP contribution in [0, 0.1) is 0 Å². The van der Waals surface area contributed by atoms with Gasteiger partial charge in [-0.25, -0.2) is 4.42 Å². The molecule has 0 N–H and O–H groups in total. The van der Waals surface area contributed by atoms with Gasteiger partial charge in [-0.3, -0.25) is 4.79 Å². The molecule has 64 valence electrons. The number of carbonyl (C=O) groups excluding carboxylic acids is 1. The van der Waals surface area contributed by atoms with Gasteiger partial charge in [-0.15, -0.1) is 0 Å². The van der Waals surface area contributed by atoms with Gasteiger partial charge >= 0.3 is 5.97 Å². The summed E-state index contributed by atoms with van der Waals surface area (Å²) in [6.45, 7) is 0.779. The quantitative estimate of drug-likeness (QED) is 0.445. The molecule has 0 bridgehead atoms. The lowest BCUT2D eigenvalue weighted by Crippen LogP contribution is -2.39. The molecule has 1 fully saturated rings. The second kappa shape index (κ2) is 3.93. The molecule has 0 radical (unpaired) electrons.